The van der Waals surface area contributed by atoms with Crippen molar-refractivity contribution in [1.29, 1.82) is 0 Å². The average Bonchev–Trinajstić information content (AvgIpc) is 2.58. The second kappa shape index (κ2) is 8.87. The Labute approximate surface area is 138 Å². The zero-order valence-corrected chi connectivity index (χ0v) is 14.0. The summed E-state index contributed by atoms with van der Waals surface area (Å²) in [6.45, 7) is 1.31. The van der Waals surface area contributed by atoms with Crippen LogP contribution in [0, 0.1) is 0 Å². The van der Waals surface area contributed by atoms with Gasteiger partial charge in [-0.2, -0.15) is 0 Å². The molecule has 0 aliphatic heterocycles. The topological polar surface area (TPSA) is 43.1 Å². The van der Waals surface area contributed by atoms with Gasteiger partial charge in [-0.25, -0.2) is 0 Å². The fourth-order valence-electron chi connectivity index (χ4n) is 2.18. The fraction of sp³-hybridized carbons (Fsp3) is 0.0500. The van der Waals surface area contributed by atoms with E-state index < -0.39 is 7.92 Å². The molecular formula is C20H20NOP. The van der Waals surface area contributed by atoms with Crippen molar-refractivity contribution >= 4 is 29.7 Å². The van der Waals surface area contributed by atoms with Gasteiger partial charge in [0.25, 0.3) is 0 Å². The molecule has 3 aromatic carbocycles. The largest absolute Gasteiger partial charge is 0.370 e. The van der Waals surface area contributed by atoms with Crippen molar-refractivity contribution in [3.05, 3.63) is 91.0 Å². The molecule has 0 aromatic heterocycles. The van der Waals surface area contributed by atoms with E-state index in [9.17, 15) is 4.79 Å². The van der Waals surface area contributed by atoms with Gasteiger partial charge in [0.15, 0.2) is 0 Å². The minimum absolute atomic E-state index is 0.333. The Bertz CT molecular complexity index is 616. The molecule has 0 spiro atoms. The van der Waals surface area contributed by atoms with Crippen molar-refractivity contribution < 1.29 is 4.79 Å². The second-order valence-corrected chi connectivity index (χ2v) is 7.17. The molecule has 0 unspecified atom stereocenters. The molecule has 0 aliphatic rings. The Morgan fingerprint density at radius 2 is 0.870 bits per heavy atom. The lowest BCUT2D eigenvalue weighted by Crippen LogP contribution is -2.20. The van der Waals surface area contributed by atoms with Gasteiger partial charge in [0.1, 0.15) is 0 Å². The molecule has 2 nitrogen and oxygen atoms in total. The zero-order chi connectivity index (χ0) is 16.5. The molecule has 0 bridgehead atoms. The third-order valence-corrected chi connectivity index (χ3v) is 5.49. The van der Waals surface area contributed by atoms with E-state index in [2.05, 4.69) is 96.7 Å². The number of benzene rings is 3. The van der Waals surface area contributed by atoms with Gasteiger partial charge in [-0.05, 0) is 23.8 Å². The van der Waals surface area contributed by atoms with E-state index in [1.54, 1.807) is 0 Å². The van der Waals surface area contributed by atoms with Crippen LogP contribution in [0.15, 0.2) is 91.0 Å². The van der Waals surface area contributed by atoms with E-state index in [0.717, 1.165) is 0 Å². The molecule has 0 saturated carbocycles. The molecule has 0 heterocycles. The van der Waals surface area contributed by atoms with Crippen LogP contribution < -0.4 is 21.6 Å². The van der Waals surface area contributed by atoms with Crippen LogP contribution in [-0.4, -0.2) is 5.91 Å². The molecule has 0 atom stereocenters. The van der Waals surface area contributed by atoms with Crippen molar-refractivity contribution in [1.82, 2.24) is 0 Å². The van der Waals surface area contributed by atoms with Crippen LogP contribution in [0.2, 0.25) is 0 Å². The standard InChI is InChI=1S/C18H15P.C2H5NO/c1-4-10-16(11-5-1)19(17-12-6-2-7-13-17)18-14-8-3-9-15-18;1-2(3)4/h1-15H;1H3,(H2,3,4). The fourth-order valence-corrected chi connectivity index (χ4v) is 4.48. The van der Waals surface area contributed by atoms with Gasteiger partial charge >= 0.3 is 0 Å². The third kappa shape index (κ3) is 5.36. The number of amides is 1. The molecule has 23 heavy (non-hydrogen) atoms. The highest BCUT2D eigenvalue weighted by Crippen LogP contribution is 2.32. The summed E-state index contributed by atoms with van der Waals surface area (Å²) in [4.78, 5) is 9.22. The molecule has 3 aromatic rings. The number of hydrogen-bond donors (Lipinski definition) is 1. The smallest absolute Gasteiger partial charge is 0.214 e. The lowest BCUT2D eigenvalue weighted by Gasteiger charge is -2.18. The van der Waals surface area contributed by atoms with Crippen molar-refractivity contribution in [2.24, 2.45) is 5.73 Å². The first kappa shape index (κ1) is 16.9. The molecule has 0 radical (unpaired) electrons. The van der Waals surface area contributed by atoms with E-state index in [1.165, 1.54) is 22.8 Å². The maximum atomic E-state index is 9.22. The Morgan fingerprint density at radius 1 is 0.652 bits per heavy atom. The Balaban J connectivity index is 0.000000433. The molecule has 0 saturated heterocycles. The minimum Gasteiger partial charge on any atom is -0.370 e. The highest BCUT2D eigenvalue weighted by atomic mass is 31.1. The summed E-state index contributed by atoms with van der Waals surface area (Å²) in [5.41, 5.74) is 4.47. The van der Waals surface area contributed by atoms with E-state index in [0.29, 0.717) is 0 Å². The number of carbonyl (C=O) groups is 1. The Morgan fingerprint density at radius 3 is 1.09 bits per heavy atom. The molecular weight excluding hydrogens is 301 g/mol. The first-order chi connectivity index (χ1) is 11.2. The number of hydrogen-bond acceptors (Lipinski definition) is 1. The van der Waals surface area contributed by atoms with Crippen molar-refractivity contribution in [2.45, 2.75) is 6.92 Å². The normalized spacial score (nSPS) is 9.83. The minimum atomic E-state index is -0.446. The maximum Gasteiger partial charge on any atom is 0.214 e. The van der Waals surface area contributed by atoms with Crippen LogP contribution in [0.1, 0.15) is 6.92 Å². The molecule has 1 amide bonds. The van der Waals surface area contributed by atoms with Crippen LogP contribution in [0.3, 0.4) is 0 Å². The summed E-state index contributed by atoms with van der Waals surface area (Å²) >= 11 is 0. The van der Waals surface area contributed by atoms with Crippen molar-refractivity contribution in [2.75, 3.05) is 0 Å². The van der Waals surface area contributed by atoms with Gasteiger partial charge in [0.05, 0.1) is 0 Å². The number of nitrogens with two attached hydrogens (primary N) is 1. The molecule has 3 rings (SSSR count). The van der Waals surface area contributed by atoms with E-state index in [4.69, 9.17) is 0 Å². The summed E-state index contributed by atoms with van der Waals surface area (Å²) in [6.07, 6.45) is 0. The van der Waals surface area contributed by atoms with Gasteiger partial charge in [-0.3, -0.25) is 4.79 Å². The summed E-state index contributed by atoms with van der Waals surface area (Å²) in [5, 5.41) is 4.19. The van der Waals surface area contributed by atoms with Crippen LogP contribution in [-0.2, 0) is 4.79 Å². The monoisotopic (exact) mass is 321 g/mol. The van der Waals surface area contributed by atoms with Crippen LogP contribution >= 0.6 is 7.92 Å². The average molecular weight is 321 g/mol. The van der Waals surface area contributed by atoms with Gasteiger partial charge < -0.3 is 5.73 Å². The van der Waals surface area contributed by atoms with Crippen LogP contribution in [0.25, 0.3) is 0 Å². The molecule has 116 valence electrons. The third-order valence-electron chi connectivity index (χ3n) is 3.04. The summed E-state index contributed by atoms with van der Waals surface area (Å²) < 4.78 is 0. The Kier molecular flexibility index (Phi) is 6.53. The second-order valence-electron chi connectivity index (χ2n) is 4.95. The zero-order valence-electron chi connectivity index (χ0n) is 13.1. The lowest BCUT2D eigenvalue weighted by molar-refractivity contribution is -0.115. The van der Waals surface area contributed by atoms with Gasteiger partial charge in [-0.1, -0.05) is 91.0 Å². The summed E-state index contributed by atoms with van der Waals surface area (Å²) in [7, 11) is -0.446. The van der Waals surface area contributed by atoms with Crippen LogP contribution in [0.5, 0.6) is 0 Å². The van der Waals surface area contributed by atoms with Gasteiger partial charge in [-0.15, -0.1) is 0 Å². The highest BCUT2D eigenvalue weighted by Gasteiger charge is 2.14. The number of carbonyl (C=O) groups excluding carboxylic acids is 1. The summed E-state index contributed by atoms with van der Waals surface area (Å²) in [6, 6.07) is 32.3. The number of rotatable bonds is 3. The molecule has 2 N–H and O–H groups in total. The predicted molar refractivity (Wildman–Crippen MR) is 100 cm³/mol. The van der Waals surface area contributed by atoms with Crippen molar-refractivity contribution in [3.63, 3.8) is 0 Å². The van der Waals surface area contributed by atoms with Crippen molar-refractivity contribution in [3.8, 4) is 0 Å². The molecule has 0 fully saturated rings. The van der Waals surface area contributed by atoms with E-state index >= 15 is 0 Å². The first-order valence-corrected chi connectivity index (χ1v) is 8.74. The van der Waals surface area contributed by atoms with Gasteiger partial charge in [0, 0.05) is 6.92 Å². The molecule has 0 aliphatic carbocycles. The van der Waals surface area contributed by atoms with Gasteiger partial charge in [0.2, 0.25) is 5.91 Å². The van der Waals surface area contributed by atoms with Crippen LogP contribution in [0.4, 0.5) is 0 Å². The number of primary amides is 1. The lowest BCUT2D eigenvalue weighted by atomic mass is 10.4. The van der Waals surface area contributed by atoms with E-state index in [-0.39, 0.29) is 5.91 Å². The Hall–Kier alpha value is -2.44. The predicted octanol–water partition coefficient (Wildman–Crippen LogP) is 2.94. The molecule has 3 heteroatoms. The highest BCUT2D eigenvalue weighted by molar-refractivity contribution is 7.79. The quantitative estimate of drug-likeness (QED) is 0.741. The van der Waals surface area contributed by atoms with E-state index in [1.807, 2.05) is 0 Å². The maximum absolute atomic E-state index is 9.22. The SMILES string of the molecule is CC(N)=O.c1ccc(P(c2ccccc2)c2ccccc2)cc1. The first-order valence-electron chi connectivity index (χ1n) is 7.40. The summed E-state index contributed by atoms with van der Waals surface area (Å²) in [5.74, 6) is -0.333.